The molecule has 20 heavy (non-hydrogen) atoms. The number of hydrogen-bond acceptors (Lipinski definition) is 3. The van der Waals surface area contributed by atoms with Crippen LogP contribution in [0.1, 0.15) is 18.9 Å². The Kier molecular flexibility index (Phi) is 5.56. The molecule has 3 nitrogen and oxygen atoms in total. The maximum atomic E-state index is 5.34. The van der Waals surface area contributed by atoms with E-state index in [1.807, 2.05) is 37.4 Å². The number of nitrogens with zero attached hydrogens (tertiary/aromatic N) is 1. The third kappa shape index (κ3) is 4.07. The van der Waals surface area contributed by atoms with E-state index in [4.69, 9.17) is 9.47 Å². The molecule has 0 saturated carbocycles. The van der Waals surface area contributed by atoms with Gasteiger partial charge in [0.25, 0.3) is 0 Å². The van der Waals surface area contributed by atoms with Crippen molar-refractivity contribution in [2.75, 3.05) is 20.3 Å². The minimum absolute atomic E-state index is 0.786. The van der Waals surface area contributed by atoms with E-state index in [-0.39, 0.29) is 0 Å². The second-order valence-corrected chi connectivity index (χ2v) is 4.58. The van der Waals surface area contributed by atoms with Crippen molar-refractivity contribution in [3.63, 3.8) is 0 Å². The lowest BCUT2D eigenvalue weighted by Gasteiger charge is -2.05. The van der Waals surface area contributed by atoms with Gasteiger partial charge >= 0.3 is 0 Å². The SMILES string of the molecule is CCOCCCc1ccc(-c2ccc(OC)cc2)nc1. The maximum Gasteiger partial charge on any atom is 0.118 e. The Bertz CT molecular complexity index is 506. The second-order valence-electron chi connectivity index (χ2n) is 4.58. The fourth-order valence-electron chi connectivity index (χ4n) is 2.03. The van der Waals surface area contributed by atoms with Gasteiger partial charge in [-0.1, -0.05) is 6.07 Å². The maximum absolute atomic E-state index is 5.34. The van der Waals surface area contributed by atoms with Gasteiger partial charge in [0.2, 0.25) is 0 Å². The Morgan fingerprint density at radius 1 is 1.05 bits per heavy atom. The van der Waals surface area contributed by atoms with E-state index in [1.54, 1.807) is 7.11 Å². The van der Waals surface area contributed by atoms with Gasteiger partial charge in [0.1, 0.15) is 5.75 Å². The number of benzene rings is 1. The summed E-state index contributed by atoms with van der Waals surface area (Å²) in [5.74, 6) is 0.862. The highest BCUT2D eigenvalue weighted by molar-refractivity contribution is 5.60. The van der Waals surface area contributed by atoms with Gasteiger partial charge in [0, 0.05) is 25.0 Å². The van der Waals surface area contributed by atoms with Crippen LogP contribution in [0.2, 0.25) is 0 Å². The molecule has 3 heteroatoms. The normalized spacial score (nSPS) is 10.5. The smallest absolute Gasteiger partial charge is 0.118 e. The van der Waals surface area contributed by atoms with Crippen LogP contribution in [0, 0.1) is 0 Å². The first-order valence-corrected chi connectivity index (χ1v) is 7.00. The van der Waals surface area contributed by atoms with E-state index in [9.17, 15) is 0 Å². The Morgan fingerprint density at radius 3 is 2.45 bits per heavy atom. The molecule has 1 aromatic carbocycles. The molecule has 0 spiro atoms. The Morgan fingerprint density at radius 2 is 1.85 bits per heavy atom. The van der Waals surface area contributed by atoms with Gasteiger partial charge in [-0.25, -0.2) is 0 Å². The van der Waals surface area contributed by atoms with Gasteiger partial charge < -0.3 is 9.47 Å². The average Bonchev–Trinajstić information content (AvgIpc) is 2.52. The molecule has 0 bridgehead atoms. The molecule has 0 radical (unpaired) electrons. The van der Waals surface area contributed by atoms with Crippen molar-refractivity contribution in [1.82, 2.24) is 4.98 Å². The van der Waals surface area contributed by atoms with Crippen molar-refractivity contribution < 1.29 is 9.47 Å². The number of rotatable bonds is 7. The average molecular weight is 271 g/mol. The Balaban J connectivity index is 1.96. The summed E-state index contributed by atoms with van der Waals surface area (Å²) < 4.78 is 10.5. The van der Waals surface area contributed by atoms with Crippen LogP contribution in [0.5, 0.6) is 5.75 Å². The predicted octanol–water partition coefficient (Wildman–Crippen LogP) is 3.73. The van der Waals surface area contributed by atoms with Crippen LogP contribution in [-0.4, -0.2) is 25.3 Å². The summed E-state index contributed by atoms with van der Waals surface area (Å²) >= 11 is 0. The molecule has 106 valence electrons. The van der Waals surface area contributed by atoms with Crippen LogP contribution in [0.3, 0.4) is 0 Å². The zero-order valence-electron chi connectivity index (χ0n) is 12.1. The van der Waals surface area contributed by atoms with Gasteiger partial charge in [-0.15, -0.1) is 0 Å². The highest BCUT2D eigenvalue weighted by Crippen LogP contribution is 2.20. The molecule has 0 aliphatic carbocycles. The fourth-order valence-corrected chi connectivity index (χ4v) is 2.03. The van der Waals surface area contributed by atoms with Crippen molar-refractivity contribution in [3.8, 4) is 17.0 Å². The van der Waals surface area contributed by atoms with Gasteiger partial charge in [-0.05, 0) is 55.7 Å². The molecular weight excluding hydrogens is 250 g/mol. The van der Waals surface area contributed by atoms with E-state index >= 15 is 0 Å². The van der Waals surface area contributed by atoms with Crippen LogP contribution < -0.4 is 4.74 Å². The molecule has 0 saturated heterocycles. The van der Waals surface area contributed by atoms with Gasteiger partial charge in [0.05, 0.1) is 12.8 Å². The molecule has 0 fully saturated rings. The molecular formula is C17H21NO2. The van der Waals surface area contributed by atoms with Crippen molar-refractivity contribution in [2.45, 2.75) is 19.8 Å². The summed E-state index contributed by atoms with van der Waals surface area (Å²) in [4.78, 5) is 4.52. The van der Waals surface area contributed by atoms with E-state index in [0.29, 0.717) is 0 Å². The predicted molar refractivity (Wildman–Crippen MR) is 81.0 cm³/mol. The number of hydrogen-bond donors (Lipinski definition) is 0. The highest BCUT2D eigenvalue weighted by atomic mass is 16.5. The summed E-state index contributed by atoms with van der Waals surface area (Å²) in [6, 6.07) is 12.2. The van der Waals surface area contributed by atoms with Crippen molar-refractivity contribution in [3.05, 3.63) is 48.2 Å². The molecule has 1 aromatic heterocycles. The fraction of sp³-hybridized carbons (Fsp3) is 0.353. The number of aromatic nitrogens is 1. The van der Waals surface area contributed by atoms with Gasteiger partial charge in [0.15, 0.2) is 0 Å². The molecule has 2 rings (SSSR count). The van der Waals surface area contributed by atoms with Crippen LogP contribution >= 0.6 is 0 Å². The molecule has 0 atom stereocenters. The first-order valence-electron chi connectivity index (χ1n) is 7.00. The topological polar surface area (TPSA) is 31.4 Å². The zero-order chi connectivity index (χ0) is 14.2. The zero-order valence-corrected chi connectivity index (χ0v) is 12.1. The molecule has 0 amide bonds. The van der Waals surface area contributed by atoms with Crippen LogP contribution in [0.4, 0.5) is 0 Å². The quantitative estimate of drug-likeness (QED) is 0.719. The third-order valence-electron chi connectivity index (χ3n) is 3.17. The number of ether oxygens (including phenoxy) is 2. The lowest BCUT2D eigenvalue weighted by Crippen LogP contribution is -1.96. The van der Waals surface area contributed by atoms with Crippen LogP contribution in [-0.2, 0) is 11.2 Å². The van der Waals surface area contributed by atoms with E-state index in [0.717, 1.165) is 43.1 Å². The highest BCUT2D eigenvalue weighted by Gasteiger charge is 2.00. The van der Waals surface area contributed by atoms with Crippen LogP contribution in [0.25, 0.3) is 11.3 Å². The molecule has 0 unspecified atom stereocenters. The van der Waals surface area contributed by atoms with E-state index in [2.05, 4.69) is 17.1 Å². The van der Waals surface area contributed by atoms with E-state index in [1.165, 1.54) is 5.56 Å². The first-order chi connectivity index (χ1) is 9.83. The van der Waals surface area contributed by atoms with Crippen molar-refractivity contribution in [1.29, 1.82) is 0 Å². The lowest BCUT2D eigenvalue weighted by molar-refractivity contribution is 0.145. The molecule has 0 N–H and O–H groups in total. The monoisotopic (exact) mass is 271 g/mol. The summed E-state index contributed by atoms with van der Waals surface area (Å²) in [5.41, 5.74) is 3.34. The molecule has 0 aliphatic rings. The largest absolute Gasteiger partial charge is 0.497 e. The minimum atomic E-state index is 0.786. The minimum Gasteiger partial charge on any atom is -0.497 e. The molecule has 1 heterocycles. The second kappa shape index (κ2) is 7.65. The Hall–Kier alpha value is -1.87. The lowest BCUT2D eigenvalue weighted by atomic mass is 10.1. The summed E-state index contributed by atoms with van der Waals surface area (Å²) in [7, 11) is 1.67. The van der Waals surface area contributed by atoms with Crippen molar-refractivity contribution >= 4 is 0 Å². The standard InChI is InChI=1S/C17H21NO2/c1-3-20-12-4-5-14-6-11-17(18-13-14)15-7-9-16(19-2)10-8-15/h6-11,13H,3-5,12H2,1-2H3. The summed E-state index contributed by atoms with van der Waals surface area (Å²) in [5, 5.41) is 0. The summed E-state index contributed by atoms with van der Waals surface area (Å²) in [6.07, 6.45) is 4.00. The van der Waals surface area contributed by atoms with Crippen LogP contribution in [0.15, 0.2) is 42.6 Å². The Labute approximate surface area is 120 Å². The summed E-state index contributed by atoms with van der Waals surface area (Å²) in [6.45, 7) is 3.62. The van der Waals surface area contributed by atoms with Gasteiger partial charge in [-0.3, -0.25) is 4.98 Å². The number of aryl methyl sites for hydroxylation is 1. The van der Waals surface area contributed by atoms with E-state index < -0.39 is 0 Å². The number of pyridine rings is 1. The van der Waals surface area contributed by atoms with Crippen molar-refractivity contribution in [2.24, 2.45) is 0 Å². The van der Waals surface area contributed by atoms with Gasteiger partial charge in [-0.2, -0.15) is 0 Å². The number of methoxy groups -OCH3 is 1. The first kappa shape index (κ1) is 14.5. The molecule has 0 aliphatic heterocycles. The third-order valence-corrected chi connectivity index (χ3v) is 3.17. The molecule has 2 aromatic rings.